The maximum atomic E-state index is 11.4. The number of nitrogens with two attached hydrogens (primary N) is 2. The summed E-state index contributed by atoms with van der Waals surface area (Å²) >= 11 is 0. The van der Waals surface area contributed by atoms with E-state index < -0.39 is 5.91 Å². The highest BCUT2D eigenvalue weighted by atomic mass is 16.1. The van der Waals surface area contributed by atoms with E-state index in [2.05, 4.69) is 9.97 Å². The van der Waals surface area contributed by atoms with E-state index in [0.29, 0.717) is 0 Å². The van der Waals surface area contributed by atoms with Gasteiger partial charge in [0.2, 0.25) is 0 Å². The second-order valence-corrected chi connectivity index (χ2v) is 3.53. The number of imidazole rings is 1. The van der Waals surface area contributed by atoms with Crippen molar-refractivity contribution in [2.45, 2.75) is 0 Å². The average Bonchev–Trinajstić information content (AvgIpc) is 2.81. The van der Waals surface area contributed by atoms with Crippen LogP contribution in [0.2, 0.25) is 0 Å². The van der Waals surface area contributed by atoms with Crippen LogP contribution in [0.4, 0.5) is 5.82 Å². The molecule has 4 N–H and O–H groups in total. The quantitative estimate of drug-likeness (QED) is 0.750. The summed E-state index contributed by atoms with van der Waals surface area (Å²) in [4.78, 5) is 19.0. The number of amides is 1. The zero-order valence-corrected chi connectivity index (χ0v) is 9.53. The van der Waals surface area contributed by atoms with Crippen molar-refractivity contribution in [1.82, 2.24) is 14.5 Å². The predicted molar refractivity (Wildman–Crippen MR) is 63.7 cm³/mol. The number of nitriles is 2. The molecule has 0 unspecified atom stereocenters. The van der Waals surface area contributed by atoms with Crippen molar-refractivity contribution in [3.63, 3.8) is 0 Å². The van der Waals surface area contributed by atoms with E-state index in [1.54, 1.807) is 6.07 Å². The minimum Gasteiger partial charge on any atom is -0.384 e. The van der Waals surface area contributed by atoms with E-state index in [4.69, 9.17) is 22.0 Å². The molecule has 8 heteroatoms. The van der Waals surface area contributed by atoms with Gasteiger partial charge in [-0.1, -0.05) is 0 Å². The fraction of sp³-hybridized carbons (Fsp3) is 0. The molecule has 2 heterocycles. The fourth-order valence-electron chi connectivity index (χ4n) is 1.57. The molecule has 92 valence electrons. The normalized spacial score (nSPS) is 9.58. The summed E-state index contributed by atoms with van der Waals surface area (Å²) in [5, 5.41) is 17.9. The predicted octanol–water partition coefficient (Wildman–Crippen LogP) is -0.308. The molecule has 0 saturated heterocycles. The van der Waals surface area contributed by atoms with E-state index >= 15 is 0 Å². The summed E-state index contributed by atoms with van der Waals surface area (Å²) in [6, 6.07) is 4.92. The number of aromatic nitrogens is 3. The third kappa shape index (κ3) is 1.94. The highest BCUT2D eigenvalue weighted by molar-refractivity contribution is 5.97. The smallest absolute Gasteiger partial charge is 0.251 e. The standard InChI is InChI=1S/C11H7N7O/c12-2-7-8(3-13)18(5-17-7)9-4-16-10(14)1-6(9)11(15)19/h1,4-5H,(H2,14,16)(H2,15,19). The largest absolute Gasteiger partial charge is 0.384 e. The van der Waals surface area contributed by atoms with E-state index in [0.717, 1.165) is 0 Å². The number of primary amides is 1. The molecule has 2 rings (SSSR count). The number of nitrogen functional groups attached to an aromatic ring is 1. The molecule has 8 nitrogen and oxygen atoms in total. The molecule has 0 spiro atoms. The molecular formula is C11H7N7O. The SMILES string of the molecule is N#Cc1ncn(-c2cnc(N)cc2C(N)=O)c1C#N. The van der Waals surface area contributed by atoms with Gasteiger partial charge in [-0.3, -0.25) is 9.36 Å². The lowest BCUT2D eigenvalue weighted by Crippen LogP contribution is -2.16. The maximum Gasteiger partial charge on any atom is 0.251 e. The second kappa shape index (κ2) is 4.47. The molecule has 0 aliphatic heterocycles. The number of carbonyl (C=O) groups excluding carboxylic acids is 1. The lowest BCUT2D eigenvalue weighted by atomic mass is 10.2. The van der Waals surface area contributed by atoms with Gasteiger partial charge in [0.1, 0.15) is 24.3 Å². The van der Waals surface area contributed by atoms with Crippen LogP contribution >= 0.6 is 0 Å². The Labute approximate surface area is 107 Å². The highest BCUT2D eigenvalue weighted by Gasteiger charge is 2.17. The first-order valence-corrected chi connectivity index (χ1v) is 5.01. The topological polar surface area (TPSA) is 147 Å². The number of nitrogens with zero attached hydrogens (tertiary/aromatic N) is 5. The molecule has 1 amide bonds. The van der Waals surface area contributed by atoms with Crippen molar-refractivity contribution in [3.05, 3.63) is 35.5 Å². The zero-order valence-electron chi connectivity index (χ0n) is 9.53. The summed E-state index contributed by atoms with van der Waals surface area (Å²) < 4.78 is 1.27. The van der Waals surface area contributed by atoms with Crippen LogP contribution in [0.15, 0.2) is 18.6 Å². The first kappa shape index (κ1) is 12.1. The maximum absolute atomic E-state index is 11.4. The molecule has 0 fully saturated rings. The number of carbonyl (C=O) groups is 1. The van der Waals surface area contributed by atoms with Gasteiger partial charge in [0.15, 0.2) is 11.4 Å². The van der Waals surface area contributed by atoms with Gasteiger partial charge in [-0.15, -0.1) is 0 Å². The molecule has 0 radical (unpaired) electrons. The van der Waals surface area contributed by atoms with Gasteiger partial charge in [-0.05, 0) is 6.07 Å². The number of pyridine rings is 1. The molecule has 19 heavy (non-hydrogen) atoms. The fourth-order valence-corrected chi connectivity index (χ4v) is 1.57. The van der Waals surface area contributed by atoms with Gasteiger partial charge in [0, 0.05) is 0 Å². The number of hydrogen-bond donors (Lipinski definition) is 2. The van der Waals surface area contributed by atoms with Crippen molar-refractivity contribution in [3.8, 4) is 17.8 Å². The third-order valence-electron chi connectivity index (χ3n) is 2.41. The van der Waals surface area contributed by atoms with Crippen LogP contribution in [0.3, 0.4) is 0 Å². The number of hydrogen-bond acceptors (Lipinski definition) is 6. The van der Waals surface area contributed by atoms with Crippen LogP contribution < -0.4 is 11.5 Å². The Bertz CT molecular complexity index is 747. The lowest BCUT2D eigenvalue weighted by molar-refractivity contribution is 0.1000. The van der Waals surface area contributed by atoms with Crippen LogP contribution in [-0.2, 0) is 0 Å². The Kier molecular flexibility index (Phi) is 2.84. The van der Waals surface area contributed by atoms with Crippen molar-refractivity contribution in [2.24, 2.45) is 5.73 Å². The molecule has 2 aromatic heterocycles. The van der Waals surface area contributed by atoms with Gasteiger partial charge >= 0.3 is 0 Å². The number of rotatable bonds is 2. The molecule has 0 aliphatic rings. The van der Waals surface area contributed by atoms with E-state index in [-0.39, 0.29) is 28.5 Å². The van der Waals surface area contributed by atoms with E-state index in [1.165, 1.54) is 23.2 Å². The van der Waals surface area contributed by atoms with E-state index in [1.807, 2.05) is 6.07 Å². The van der Waals surface area contributed by atoms with Crippen molar-refractivity contribution in [1.29, 1.82) is 10.5 Å². The zero-order chi connectivity index (χ0) is 14.0. The first-order chi connectivity index (χ1) is 9.08. The van der Waals surface area contributed by atoms with Gasteiger partial charge in [0.05, 0.1) is 17.4 Å². The summed E-state index contributed by atoms with van der Waals surface area (Å²) in [7, 11) is 0. The Morgan fingerprint density at radius 1 is 1.32 bits per heavy atom. The molecule has 2 aromatic rings. The Morgan fingerprint density at radius 3 is 2.63 bits per heavy atom. The van der Waals surface area contributed by atoms with Gasteiger partial charge in [0.25, 0.3) is 5.91 Å². The molecule has 0 aliphatic carbocycles. The van der Waals surface area contributed by atoms with Crippen molar-refractivity contribution in [2.75, 3.05) is 5.73 Å². The average molecular weight is 253 g/mol. The van der Waals surface area contributed by atoms with E-state index in [9.17, 15) is 4.79 Å². The molecule has 0 bridgehead atoms. The first-order valence-electron chi connectivity index (χ1n) is 5.01. The molecule has 0 atom stereocenters. The number of anilines is 1. The summed E-state index contributed by atoms with van der Waals surface area (Å²) in [5.41, 5.74) is 11.0. The summed E-state index contributed by atoms with van der Waals surface area (Å²) in [5.74, 6) is -0.600. The van der Waals surface area contributed by atoms with Gasteiger partial charge in [-0.25, -0.2) is 9.97 Å². The Morgan fingerprint density at radius 2 is 2.05 bits per heavy atom. The van der Waals surface area contributed by atoms with Crippen LogP contribution in [0.1, 0.15) is 21.7 Å². The minimum atomic E-state index is -0.722. The van der Waals surface area contributed by atoms with Crippen LogP contribution in [0.25, 0.3) is 5.69 Å². The van der Waals surface area contributed by atoms with Crippen LogP contribution in [0, 0.1) is 22.7 Å². The summed E-state index contributed by atoms with van der Waals surface area (Å²) in [6.45, 7) is 0. The van der Waals surface area contributed by atoms with Gasteiger partial charge in [-0.2, -0.15) is 10.5 Å². The summed E-state index contributed by atoms with van der Waals surface area (Å²) in [6.07, 6.45) is 2.54. The van der Waals surface area contributed by atoms with Crippen molar-refractivity contribution >= 4 is 11.7 Å². The molecular weight excluding hydrogens is 246 g/mol. The van der Waals surface area contributed by atoms with Gasteiger partial charge < -0.3 is 11.5 Å². The molecule has 0 saturated carbocycles. The van der Waals surface area contributed by atoms with Crippen LogP contribution in [-0.4, -0.2) is 20.4 Å². The Hall–Kier alpha value is -3.39. The van der Waals surface area contributed by atoms with Crippen molar-refractivity contribution < 1.29 is 4.79 Å². The monoisotopic (exact) mass is 253 g/mol. The minimum absolute atomic E-state index is 0.00317. The third-order valence-corrected chi connectivity index (χ3v) is 2.41. The molecule has 0 aromatic carbocycles. The lowest BCUT2D eigenvalue weighted by Gasteiger charge is -2.08. The highest BCUT2D eigenvalue weighted by Crippen LogP contribution is 2.18. The second-order valence-electron chi connectivity index (χ2n) is 3.53. The van der Waals surface area contributed by atoms with Crippen LogP contribution in [0.5, 0.6) is 0 Å². The Balaban J connectivity index is 2.74.